The molecule has 0 radical (unpaired) electrons. The molecule has 0 saturated carbocycles. The summed E-state index contributed by atoms with van der Waals surface area (Å²) in [5.41, 5.74) is 0.299. The van der Waals surface area contributed by atoms with Crippen molar-refractivity contribution < 1.29 is 17.9 Å². The summed E-state index contributed by atoms with van der Waals surface area (Å²) < 4.78 is 28.1. The SMILES string of the molecule is COc1ccccc1C(=O)CS(=O)(=O)C(C)(C)C. The predicted octanol–water partition coefficient (Wildman–Crippen LogP) is 2.09. The number of benzene rings is 1. The van der Waals surface area contributed by atoms with Gasteiger partial charge in [0, 0.05) is 0 Å². The van der Waals surface area contributed by atoms with Crippen LogP contribution in [0.5, 0.6) is 5.75 Å². The molecule has 0 aliphatic carbocycles. The Hall–Kier alpha value is -1.36. The van der Waals surface area contributed by atoms with Crippen LogP contribution in [-0.2, 0) is 9.84 Å². The van der Waals surface area contributed by atoms with E-state index in [1.165, 1.54) is 7.11 Å². The Morgan fingerprint density at radius 1 is 1.22 bits per heavy atom. The second-order valence-electron chi connectivity index (χ2n) is 4.99. The zero-order valence-electron chi connectivity index (χ0n) is 11.1. The molecule has 1 aromatic rings. The Labute approximate surface area is 108 Å². The molecule has 18 heavy (non-hydrogen) atoms. The van der Waals surface area contributed by atoms with E-state index in [4.69, 9.17) is 4.74 Å². The van der Waals surface area contributed by atoms with Crippen molar-refractivity contribution in [1.82, 2.24) is 0 Å². The molecule has 5 heteroatoms. The summed E-state index contributed by atoms with van der Waals surface area (Å²) in [6.45, 7) is 4.74. The molecule has 0 aliphatic rings. The zero-order valence-corrected chi connectivity index (χ0v) is 11.9. The second-order valence-corrected chi connectivity index (χ2v) is 7.74. The van der Waals surface area contributed by atoms with E-state index >= 15 is 0 Å². The molecule has 0 aliphatic heterocycles. The van der Waals surface area contributed by atoms with Gasteiger partial charge in [-0.3, -0.25) is 4.79 Å². The lowest BCUT2D eigenvalue weighted by atomic mass is 10.1. The van der Waals surface area contributed by atoms with Crippen LogP contribution < -0.4 is 4.74 Å². The number of hydrogen-bond acceptors (Lipinski definition) is 4. The van der Waals surface area contributed by atoms with Gasteiger partial charge in [-0.1, -0.05) is 12.1 Å². The molecule has 0 aromatic heterocycles. The van der Waals surface area contributed by atoms with Crippen molar-refractivity contribution in [2.24, 2.45) is 0 Å². The molecule has 0 saturated heterocycles. The number of sulfone groups is 1. The van der Waals surface area contributed by atoms with Crippen LogP contribution in [0.1, 0.15) is 31.1 Å². The topological polar surface area (TPSA) is 60.4 Å². The van der Waals surface area contributed by atoms with E-state index in [1.54, 1.807) is 45.0 Å². The van der Waals surface area contributed by atoms with E-state index in [0.29, 0.717) is 11.3 Å². The number of carbonyl (C=O) groups excluding carboxylic acids is 1. The summed E-state index contributed by atoms with van der Waals surface area (Å²) >= 11 is 0. The minimum atomic E-state index is -3.48. The molecule has 0 amide bonds. The molecular formula is C13H18O4S. The highest BCUT2D eigenvalue weighted by atomic mass is 32.2. The van der Waals surface area contributed by atoms with Gasteiger partial charge in [-0.05, 0) is 32.9 Å². The molecule has 100 valence electrons. The first-order valence-electron chi connectivity index (χ1n) is 5.57. The van der Waals surface area contributed by atoms with Gasteiger partial charge >= 0.3 is 0 Å². The van der Waals surface area contributed by atoms with Crippen molar-refractivity contribution >= 4 is 15.6 Å². The number of methoxy groups -OCH3 is 1. The molecule has 0 bridgehead atoms. The molecule has 0 spiro atoms. The average Bonchev–Trinajstić information content (AvgIpc) is 2.26. The van der Waals surface area contributed by atoms with Crippen LogP contribution in [0.4, 0.5) is 0 Å². The molecule has 4 nitrogen and oxygen atoms in total. The lowest BCUT2D eigenvalue weighted by Crippen LogP contribution is -2.33. The lowest BCUT2D eigenvalue weighted by molar-refractivity contribution is 0.101. The predicted molar refractivity (Wildman–Crippen MR) is 70.9 cm³/mol. The van der Waals surface area contributed by atoms with Crippen molar-refractivity contribution in [3.63, 3.8) is 0 Å². The van der Waals surface area contributed by atoms with Crippen LogP contribution in [0.25, 0.3) is 0 Å². The number of para-hydroxylation sites is 1. The molecular weight excluding hydrogens is 252 g/mol. The molecule has 0 fully saturated rings. The molecule has 1 aromatic carbocycles. The van der Waals surface area contributed by atoms with Gasteiger partial charge in [0.1, 0.15) is 11.5 Å². The van der Waals surface area contributed by atoms with Crippen LogP contribution in [0.2, 0.25) is 0 Å². The fraction of sp³-hybridized carbons (Fsp3) is 0.462. The van der Waals surface area contributed by atoms with Gasteiger partial charge in [-0.25, -0.2) is 8.42 Å². The van der Waals surface area contributed by atoms with E-state index in [9.17, 15) is 13.2 Å². The van der Waals surface area contributed by atoms with E-state index in [0.717, 1.165) is 0 Å². The number of hydrogen-bond donors (Lipinski definition) is 0. The maximum Gasteiger partial charge on any atom is 0.181 e. The van der Waals surface area contributed by atoms with Gasteiger partial charge in [0.2, 0.25) is 0 Å². The molecule has 0 heterocycles. The maximum atomic E-state index is 12.0. The first-order valence-corrected chi connectivity index (χ1v) is 7.23. The van der Waals surface area contributed by atoms with E-state index in [2.05, 4.69) is 0 Å². The van der Waals surface area contributed by atoms with Crippen LogP contribution in [0.15, 0.2) is 24.3 Å². The zero-order chi connectivity index (χ0) is 14.0. The number of Topliss-reactive ketones (excluding diaryl/α,β-unsaturated/α-hetero) is 1. The first kappa shape index (κ1) is 14.7. The Morgan fingerprint density at radius 3 is 2.28 bits per heavy atom. The van der Waals surface area contributed by atoms with E-state index in [-0.39, 0.29) is 0 Å². The van der Waals surface area contributed by atoms with Crippen LogP contribution >= 0.6 is 0 Å². The van der Waals surface area contributed by atoms with E-state index in [1.807, 2.05) is 0 Å². The molecule has 0 atom stereocenters. The Kier molecular flexibility index (Phi) is 4.16. The summed E-state index contributed by atoms with van der Waals surface area (Å²) in [5, 5.41) is 0. The van der Waals surface area contributed by atoms with Crippen LogP contribution in [0, 0.1) is 0 Å². The highest BCUT2D eigenvalue weighted by molar-refractivity contribution is 7.93. The van der Waals surface area contributed by atoms with Gasteiger partial charge < -0.3 is 4.74 Å². The van der Waals surface area contributed by atoms with Crippen molar-refractivity contribution in [3.05, 3.63) is 29.8 Å². The molecule has 0 unspecified atom stereocenters. The van der Waals surface area contributed by atoms with Crippen molar-refractivity contribution in [3.8, 4) is 5.75 Å². The standard InChI is InChI=1S/C13H18O4S/c1-13(2,3)18(15,16)9-11(14)10-7-5-6-8-12(10)17-4/h5-8H,9H2,1-4H3. The lowest BCUT2D eigenvalue weighted by Gasteiger charge is -2.18. The van der Waals surface area contributed by atoms with Crippen molar-refractivity contribution in [1.29, 1.82) is 0 Å². The van der Waals surface area contributed by atoms with Gasteiger partial charge in [0.05, 0.1) is 17.4 Å². The summed E-state index contributed by atoms with van der Waals surface area (Å²) in [7, 11) is -2.03. The first-order chi connectivity index (χ1) is 8.19. The monoisotopic (exact) mass is 270 g/mol. The summed E-state index contributed by atoms with van der Waals surface area (Å²) in [6, 6.07) is 6.61. The second kappa shape index (κ2) is 5.10. The fourth-order valence-electron chi connectivity index (χ4n) is 1.34. The average molecular weight is 270 g/mol. The van der Waals surface area contributed by atoms with Crippen molar-refractivity contribution in [2.75, 3.05) is 12.9 Å². The number of rotatable bonds is 4. The Morgan fingerprint density at radius 2 is 1.78 bits per heavy atom. The van der Waals surface area contributed by atoms with Crippen molar-refractivity contribution in [2.45, 2.75) is 25.5 Å². The minimum Gasteiger partial charge on any atom is -0.496 e. The number of carbonyl (C=O) groups is 1. The quantitative estimate of drug-likeness (QED) is 0.786. The maximum absolute atomic E-state index is 12.0. The normalized spacial score (nSPS) is 12.2. The smallest absolute Gasteiger partial charge is 0.181 e. The van der Waals surface area contributed by atoms with Gasteiger partial charge in [-0.2, -0.15) is 0 Å². The van der Waals surface area contributed by atoms with Gasteiger partial charge in [0.25, 0.3) is 0 Å². The van der Waals surface area contributed by atoms with Crippen LogP contribution in [0.3, 0.4) is 0 Å². The summed E-state index contributed by atoms with van der Waals surface area (Å²) in [6.07, 6.45) is 0. The Bertz CT molecular complexity index is 538. The largest absolute Gasteiger partial charge is 0.496 e. The van der Waals surface area contributed by atoms with Crippen LogP contribution in [-0.4, -0.2) is 31.8 Å². The third kappa shape index (κ3) is 3.10. The molecule has 0 N–H and O–H groups in total. The summed E-state index contributed by atoms with van der Waals surface area (Å²) in [5.74, 6) is -0.550. The highest BCUT2D eigenvalue weighted by Crippen LogP contribution is 2.22. The number of ether oxygens (including phenoxy) is 1. The van der Waals surface area contributed by atoms with E-state index < -0.39 is 26.1 Å². The summed E-state index contributed by atoms with van der Waals surface area (Å²) in [4.78, 5) is 12.0. The molecule has 1 rings (SSSR count). The van der Waals surface area contributed by atoms with Gasteiger partial charge in [-0.15, -0.1) is 0 Å². The highest BCUT2D eigenvalue weighted by Gasteiger charge is 2.32. The third-order valence-electron chi connectivity index (χ3n) is 2.66. The third-order valence-corrected chi connectivity index (χ3v) is 5.17. The Balaban J connectivity index is 3.04. The van der Waals surface area contributed by atoms with Gasteiger partial charge in [0.15, 0.2) is 15.6 Å². The fourth-order valence-corrected chi connectivity index (χ4v) is 2.28. The number of ketones is 1. The minimum absolute atomic E-state index is 0.299.